The summed E-state index contributed by atoms with van der Waals surface area (Å²) in [6.45, 7) is 4.89. The van der Waals surface area contributed by atoms with Crippen molar-refractivity contribution in [1.82, 2.24) is 4.72 Å². The normalized spacial score (nSPS) is 11.1. The number of hydrogen-bond donors (Lipinski definition) is 2. The van der Waals surface area contributed by atoms with E-state index in [2.05, 4.69) is 10.0 Å². The molecule has 27 heavy (non-hydrogen) atoms. The number of carbonyl (C=O) groups excluding carboxylic acids is 2. The summed E-state index contributed by atoms with van der Waals surface area (Å²) in [6, 6.07) is 13.3. The van der Waals surface area contributed by atoms with Crippen LogP contribution >= 0.6 is 0 Å². The molecule has 0 atom stereocenters. The largest absolute Gasteiger partial charge is 0.326 e. The fourth-order valence-electron chi connectivity index (χ4n) is 2.52. The van der Waals surface area contributed by atoms with Crippen LogP contribution in [-0.2, 0) is 19.6 Å². The molecule has 0 radical (unpaired) electrons. The molecule has 2 amide bonds. The van der Waals surface area contributed by atoms with Crippen molar-refractivity contribution >= 4 is 33.2 Å². The summed E-state index contributed by atoms with van der Waals surface area (Å²) in [6.07, 6.45) is 0. The van der Waals surface area contributed by atoms with Crippen LogP contribution in [0.1, 0.15) is 19.4 Å². The van der Waals surface area contributed by atoms with Crippen molar-refractivity contribution < 1.29 is 18.0 Å². The van der Waals surface area contributed by atoms with Gasteiger partial charge in [-0.2, -0.15) is 0 Å². The number of carbonyl (C=O) groups is 2. The number of sulfonamides is 1. The zero-order valence-electron chi connectivity index (χ0n) is 15.5. The van der Waals surface area contributed by atoms with Crippen LogP contribution in [0, 0.1) is 6.92 Å². The first-order valence-electron chi connectivity index (χ1n) is 8.41. The minimum Gasteiger partial charge on any atom is -0.326 e. The van der Waals surface area contributed by atoms with E-state index in [9.17, 15) is 18.0 Å². The molecule has 2 N–H and O–H groups in total. The number of hydrogen-bond acceptors (Lipinski definition) is 4. The standard InChI is InChI=1S/C19H23N3O4S/c1-14-7-9-19(10-8-14)27(25,26)20-11-12-22(16(3)24)18-6-4-5-17(13-18)21-15(2)23/h4-10,13,20H,11-12H2,1-3H3,(H,21,23). The fourth-order valence-corrected chi connectivity index (χ4v) is 3.54. The quantitative estimate of drug-likeness (QED) is 0.759. The minimum atomic E-state index is -3.65. The van der Waals surface area contributed by atoms with Gasteiger partial charge in [-0.05, 0) is 37.3 Å². The summed E-state index contributed by atoms with van der Waals surface area (Å²) < 4.78 is 27.2. The molecule has 0 fully saturated rings. The van der Waals surface area contributed by atoms with Crippen molar-refractivity contribution in [3.63, 3.8) is 0 Å². The Labute approximate surface area is 159 Å². The molecule has 2 aromatic rings. The van der Waals surface area contributed by atoms with E-state index in [1.54, 1.807) is 36.4 Å². The number of rotatable bonds is 7. The maximum absolute atomic E-state index is 12.3. The molecule has 0 saturated carbocycles. The van der Waals surface area contributed by atoms with Gasteiger partial charge in [-0.15, -0.1) is 0 Å². The zero-order chi connectivity index (χ0) is 20.0. The van der Waals surface area contributed by atoms with Gasteiger partial charge < -0.3 is 10.2 Å². The van der Waals surface area contributed by atoms with Gasteiger partial charge in [-0.1, -0.05) is 23.8 Å². The highest BCUT2D eigenvalue weighted by Crippen LogP contribution is 2.19. The number of aryl methyl sites for hydroxylation is 1. The van der Waals surface area contributed by atoms with E-state index in [-0.39, 0.29) is 29.8 Å². The minimum absolute atomic E-state index is 0.0557. The average Bonchev–Trinajstić information content (AvgIpc) is 2.58. The maximum Gasteiger partial charge on any atom is 0.240 e. The van der Waals surface area contributed by atoms with E-state index < -0.39 is 10.0 Å². The van der Waals surface area contributed by atoms with Crippen LogP contribution in [0.25, 0.3) is 0 Å². The van der Waals surface area contributed by atoms with E-state index in [0.29, 0.717) is 11.4 Å². The fraction of sp³-hybridized carbons (Fsp3) is 0.263. The second-order valence-electron chi connectivity index (χ2n) is 6.11. The monoisotopic (exact) mass is 389 g/mol. The Kier molecular flexibility index (Phi) is 6.70. The van der Waals surface area contributed by atoms with Gasteiger partial charge in [-0.25, -0.2) is 13.1 Å². The van der Waals surface area contributed by atoms with Gasteiger partial charge in [0.1, 0.15) is 0 Å². The van der Waals surface area contributed by atoms with Crippen molar-refractivity contribution in [3.05, 3.63) is 54.1 Å². The van der Waals surface area contributed by atoms with Gasteiger partial charge in [0.05, 0.1) is 4.90 Å². The van der Waals surface area contributed by atoms with E-state index in [1.807, 2.05) is 6.92 Å². The van der Waals surface area contributed by atoms with Gasteiger partial charge in [0.15, 0.2) is 0 Å². The molecule has 7 nitrogen and oxygen atoms in total. The number of amides is 2. The predicted octanol–water partition coefficient (Wildman–Crippen LogP) is 2.28. The van der Waals surface area contributed by atoms with Crippen LogP contribution in [0.2, 0.25) is 0 Å². The lowest BCUT2D eigenvalue weighted by atomic mass is 10.2. The first-order chi connectivity index (χ1) is 12.7. The molecule has 0 aromatic heterocycles. The molecule has 0 aliphatic rings. The lowest BCUT2D eigenvalue weighted by molar-refractivity contribution is -0.116. The average molecular weight is 389 g/mol. The van der Waals surface area contributed by atoms with E-state index in [1.165, 1.54) is 30.9 Å². The van der Waals surface area contributed by atoms with Crippen LogP contribution in [0.3, 0.4) is 0 Å². The third kappa shape index (κ3) is 5.90. The summed E-state index contributed by atoms with van der Waals surface area (Å²) >= 11 is 0. The summed E-state index contributed by atoms with van der Waals surface area (Å²) in [5.41, 5.74) is 2.10. The van der Waals surface area contributed by atoms with Gasteiger partial charge in [0.25, 0.3) is 0 Å². The molecule has 0 bridgehead atoms. The highest BCUT2D eigenvalue weighted by atomic mass is 32.2. The third-order valence-corrected chi connectivity index (χ3v) is 5.29. The van der Waals surface area contributed by atoms with E-state index in [4.69, 9.17) is 0 Å². The highest BCUT2D eigenvalue weighted by molar-refractivity contribution is 7.89. The van der Waals surface area contributed by atoms with Crippen molar-refractivity contribution in [1.29, 1.82) is 0 Å². The van der Waals surface area contributed by atoms with Crippen molar-refractivity contribution in [2.45, 2.75) is 25.7 Å². The smallest absolute Gasteiger partial charge is 0.240 e. The van der Waals surface area contributed by atoms with Gasteiger partial charge >= 0.3 is 0 Å². The molecular formula is C19H23N3O4S. The van der Waals surface area contributed by atoms with Crippen LogP contribution < -0.4 is 14.9 Å². The molecule has 0 saturated heterocycles. The third-order valence-electron chi connectivity index (χ3n) is 3.82. The summed E-state index contributed by atoms with van der Waals surface area (Å²) in [4.78, 5) is 24.8. The SMILES string of the molecule is CC(=O)Nc1cccc(N(CCNS(=O)(=O)c2ccc(C)cc2)C(C)=O)c1. The molecule has 2 rings (SSSR count). The molecule has 8 heteroatoms. The van der Waals surface area contributed by atoms with Crippen LogP contribution in [-0.4, -0.2) is 33.3 Å². The summed E-state index contributed by atoms with van der Waals surface area (Å²) in [5, 5.41) is 2.66. The van der Waals surface area contributed by atoms with Gasteiger partial charge in [-0.3, -0.25) is 9.59 Å². The lowest BCUT2D eigenvalue weighted by Crippen LogP contribution is -2.37. The Morgan fingerprint density at radius 3 is 2.30 bits per heavy atom. The summed E-state index contributed by atoms with van der Waals surface area (Å²) in [5.74, 6) is -0.447. The highest BCUT2D eigenvalue weighted by Gasteiger charge is 2.16. The predicted molar refractivity (Wildman–Crippen MR) is 105 cm³/mol. The molecule has 0 heterocycles. The number of benzene rings is 2. The Balaban J connectivity index is 2.08. The molecule has 0 spiro atoms. The van der Waals surface area contributed by atoms with Crippen molar-refractivity contribution in [2.24, 2.45) is 0 Å². The molecule has 144 valence electrons. The van der Waals surface area contributed by atoms with Crippen LogP contribution in [0.4, 0.5) is 11.4 Å². The topological polar surface area (TPSA) is 95.6 Å². The van der Waals surface area contributed by atoms with Crippen molar-refractivity contribution in [2.75, 3.05) is 23.3 Å². The molecule has 2 aromatic carbocycles. The Bertz CT molecular complexity index is 924. The number of nitrogens with zero attached hydrogens (tertiary/aromatic N) is 1. The first kappa shape index (κ1) is 20.6. The Morgan fingerprint density at radius 2 is 1.70 bits per heavy atom. The second kappa shape index (κ2) is 8.79. The van der Waals surface area contributed by atoms with E-state index >= 15 is 0 Å². The second-order valence-corrected chi connectivity index (χ2v) is 7.88. The van der Waals surface area contributed by atoms with Crippen molar-refractivity contribution in [3.8, 4) is 0 Å². The Hall–Kier alpha value is -2.71. The Morgan fingerprint density at radius 1 is 1.04 bits per heavy atom. The molecular weight excluding hydrogens is 366 g/mol. The molecule has 0 aliphatic heterocycles. The number of nitrogens with one attached hydrogen (secondary N) is 2. The molecule has 0 unspecified atom stereocenters. The first-order valence-corrected chi connectivity index (χ1v) is 9.89. The molecule has 0 aliphatic carbocycles. The summed E-state index contributed by atoms with van der Waals surface area (Å²) in [7, 11) is -3.65. The van der Waals surface area contributed by atoms with Crippen LogP contribution in [0.15, 0.2) is 53.4 Å². The maximum atomic E-state index is 12.3. The van der Waals surface area contributed by atoms with Crippen LogP contribution in [0.5, 0.6) is 0 Å². The lowest BCUT2D eigenvalue weighted by Gasteiger charge is -2.22. The van der Waals surface area contributed by atoms with Gasteiger partial charge in [0, 0.05) is 38.3 Å². The number of anilines is 2. The van der Waals surface area contributed by atoms with Gasteiger partial charge in [0.2, 0.25) is 21.8 Å². The van der Waals surface area contributed by atoms with E-state index in [0.717, 1.165) is 5.56 Å². The zero-order valence-corrected chi connectivity index (χ0v) is 16.3.